The SMILES string of the molecule is N#CC[C@@H](CN1C(=O)c2ccccc2C1=O)OC(=O)CSc1ccccc1. The van der Waals surface area contributed by atoms with E-state index in [-0.39, 0.29) is 18.7 Å². The van der Waals surface area contributed by atoms with E-state index in [2.05, 4.69) is 0 Å². The normalized spacial score (nSPS) is 13.8. The third-order valence-corrected chi connectivity index (χ3v) is 4.97. The Morgan fingerprint density at radius 2 is 1.63 bits per heavy atom. The number of fused-ring (bicyclic) bond motifs is 1. The Bertz CT molecular complexity index is 873. The van der Waals surface area contributed by atoms with Crippen LogP contribution in [0.4, 0.5) is 0 Å². The fourth-order valence-corrected chi connectivity index (χ4v) is 3.43. The van der Waals surface area contributed by atoms with E-state index in [4.69, 9.17) is 10.00 Å². The molecule has 0 bridgehead atoms. The van der Waals surface area contributed by atoms with E-state index in [1.165, 1.54) is 11.8 Å². The first-order chi connectivity index (χ1) is 13.1. The number of carbonyl (C=O) groups excluding carboxylic acids is 3. The maximum Gasteiger partial charge on any atom is 0.316 e. The van der Waals surface area contributed by atoms with Crippen molar-refractivity contribution in [2.45, 2.75) is 17.4 Å². The van der Waals surface area contributed by atoms with Gasteiger partial charge in [-0.2, -0.15) is 5.26 Å². The van der Waals surface area contributed by atoms with Crippen LogP contribution in [-0.2, 0) is 9.53 Å². The van der Waals surface area contributed by atoms with Gasteiger partial charge in [0.2, 0.25) is 0 Å². The summed E-state index contributed by atoms with van der Waals surface area (Å²) in [5, 5.41) is 9.00. The zero-order valence-electron chi connectivity index (χ0n) is 14.3. The number of hydrogen-bond donors (Lipinski definition) is 0. The van der Waals surface area contributed by atoms with E-state index in [1.54, 1.807) is 24.3 Å². The van der Waals surface area contributed by atoms with Crippen LogP contribution in [0.15, 0.2) is 59.5 Å². The standard InChI is InChI=1S/C20H16N2O4S/c21-11-10-14(26-18(23)13-27-15-6-2-1-3-7-15)12-22-19(24)16-8-4-5-9-17(16)20(22)25/h1-9,14H,10,12-13H2/t14-/m0/s1. The summed E-state index contributed by atoms with van der Waals surface area (Å²) in [4.78, 5) is 38.9. The number of amides is 2. The molecule has 0 spiro atoms. The van der Waals surface area contributed by atoms with Gasteiger partial charge in [-0.05, 0) is 24.3 Å². The molecule has 27 heavy (non-hydrogen) atoms. The van der Waals surface area contributed by atoms with Gasteiger partial charge in [-0.3, -0.25) is 19.3 Å². The second-order valence-electron chi connectivity index (χ2n) is 5.84. The lowest BCUT2D eigenvalue weighted by atomic mass is 10.1. The van der Waals surface area contributed by atoms with Crippen molar-refractivity contribution < 1.29 is 19.1 Å². The average molecular weight is 380 g/mol. The Morgan fingerprint density at radius 1 is 1.04 bits per heavy atom. The third-order valence-electron chi connectivity index (χ3n) is 3.98. The molecular weight excluding hydrogens is 364 g/mol. The minimum absolute atomic E-state index is 0.0774. The zero-order chi connectivity index (χ0) is 19.2. The van der Waals surface area contributed by atoms with Crippen molar-refractivity contribution in [1.29, 1.82) is 5.26 Å². The number of imide groups is 1. The maximum absolute atomic E-state index is 12.4. The summed E-state index contributed by atoms with van der Waals surface area (Å²) < 4.78 is 5.34. The van der Waals surface area contributed by atoms with Crippen molar-refractivity contribution >= 4 is 29.5 Å². The van der Waals surface area contributed by atoms with Crippen molar-refractivity contribution in [2.75, 3.05) is 12.3 Å². The van der Waals surface area contributed by atoms with Crippen LogP contribution >= 0.6 is 11.8 Å². The van der Waals surface area contributed by atoms with Gasteiger partial charge in [0.25, 0.3) is 11.8 Å². The van der Waals surface area contributed by atoms with Crippen LogP contribution in [0.5, 0.6) is 0 Å². The number of nitrogens with zero attached hydrogens (tertiary/aromatic N) is 2. The van der Waals surface area contributed by atoms with E-state index < -0.39 is 23.9 Å². The fourth-order valence-electron chi connectivity index (χ4n) is 2.73. The first-order valence-corrected chi connectivity index (χ1v) is 9.28. The Morgan fingerprint density at radius 3 is 2.22 bits per heavy atom. The summed E-state index contributed by atoms with van der Waals surface area (Å²) in [6.07, 6.45) is -0.962. The highest BCUT2D eigenvalue weighted by atomic mass is 32.2. The summed E-state index contributed by atoms with van der Waals surface area (Å²) >= 11 is 1.32. The molecule has 0 saturated carbocycles. The van der Waals surface area contributed by atoms with Gasteiger partial charge in [0.05, 0.1) is 35.9 Å². The van der Waals surface area contributed by atoms with Crippen LogP contribution in [0.1, 0.15) is 27.1 Å². The van der Waals surface area contributed by atoms with Gasteiger partial charge in [0.15, 0.2) is 0 Å². The number of hydrogen-bond acceptors (Lipinski definition) is 6. The molecule has 0 aromatic heterocycles. The van der Waals surface area contributed by atoms with Crippen LogP contribution in [-0.4, -0.2) is 41.1 Å². The molecule has 2 amide bonds. The highest BCUT2D eigenvalue weighted by molar-refractivity contribution is 8.00. The van der Waals surface area contributed by atoms with Crippen molar-refractivity contribution in [3.8, 4) is 6.07 Å². The zero-order valence-corrected chi connectivity index (χ0v) is 15.1. The molecule has 0 saturated heterocycles. The first-order valence-electron chi connectivity index (χ1n) is 8.29. The van der Waals surface area contributed by atoms with E-state index in [1.807, 2.05) is 36.4 Å². The molecule has 1 aliphatic heterocycles. The smallest absolute Gasteiger partial charge is 0.316 e. The molecule has 2 aromatic rings. The number of carbonyl (C=O) groups is 3. The first kappa shape index (κ1) is 18.7. The van der Waals surface area contributed by atoms with Gasteiger partial charge in [-0.1, -0.05) is 30.3 Å². The summed E-state index contributed by atoms with van der Waals surface area (Å²) in [6.45, 7) is -0.137. The Hall–Kier alpha value is -3.11. The molecule has 7 heteroatoms. The summed E-state index contributed by atoms with van der Waals surface area (Å²) in [5.41, 5.74) is 0.647. The molecule has 0 unspecified atom stereocenters. The van der Waals surface area contributed by atoms with Crippen molar-refractivity contribution in [3.05, 3.63) is 65.7 Å². The second-order valence-corrected chi connectivity index (χ2v) is 6.89. The van der Waals surface area contributed by atoms with Crippen molar-refractivity contribution in [1.82, 2.24) is 4.90 Å². The lowest BCUT2D eigenvalue weighted by molar-refractivity contribution is -0.145. The predicted molar refractivity (Wildman–Crippen MR) is 99.1 cm³/mol. The molecule has 1 heterocycles. The number of nitriles is 1. The van der Waals surface area contributed by atoms with Crippen molar-refractivity contribution in [2.24, 2.45) is 0 Å². The summed E-state index contributed by atoms with van der Waals surface area (Å²) in [7, 11) is 0. The van der Waals surface area contributed by atoms with Gasteiger partial charge in [0, 0.05) is 4.90 Å². The minimum Gasteiger partial charge on any atom is -0.459 e. The molecule has 0 fully saturated rings. The molecule has 1 atom stereocenters. The number of rotatable bonds is 7. The van der Waals surface area contributed by atoms with Gasteiger partial charge in [-0.15, -0.1) is 11.8 Å². The van der Waals surface area contributed by atoms with Gasteiger partial charge < -0.3 is 4.74 Å². The molecule has 0 aliphatic carbocycles. The molecule has 3 rings (SSSR count). The molecule has 0 N–H and O–H groups in total. The number of esters is 1. The Kier molecular flexibility index (Phi) is 5.89. The van der Waals surface area contributed by atoms with Gasteiger partial charge in [-0.25, -0.2) is 0 Å². The van der Waals surface area contributed by atoms with Gasteiger partial charge in [0.1, 0.15) is 6.10 Å². The highest BCUT2D eigenvalue weighted by Gasteiger charge is 2.37. The Balaban J connectivity index is 1.61. The molecule has 6 nitrogen and oxygen atoms in total. The molecule has 136 valence electrons. The molecule has 1 aliphatic rings. The number of benzene rings is 2. The maximum atomic E-state index is 12.4. The van der Waals surface area contributed by atoms with Crippen LogP contribution < -0.4 is 0 Å². The topological polar surface area (TPSA) is 87.5 Å². The average Bonchev–Trinajstić information content (AvgIpc) is 2.93. The summed E-state index contributed by atoms with van der Waals surface area (Å²) in [5.74, 6) is -1.30. The molecule has 0 radical (unpaired) electrons. The van der Waals surface area contributed by atoms with Crippen LogP contribution in [0, 0.1) is 11.3 Å². The van der Waals surface area contributed by atoms with E-state index in [9.17, 15) is 14.4 Å². The van der Waals surface area contributed by atoms with E-state index in [0.717, 1.165) is 9.80 Å². The number of thioether (sulfide) groups is 1. The van der Waals surface area contributed by atoms with E-state index >= 15 is 0 Å². The van der Waals surface area contributed by atoms with Crippen LogP contribution in [0.2, 0.25) is 0 Å². The van der Waals surface area contributed by atoms with E-state index in [0.29, 0.717) is 11.1 Å². The molecular formula is C20H16N2O4S. The minimum atomic E-state index is -0.860. The largest absolute Gasteiger partial charge is 0.459 e. The van der Waals surface area contributed by atoms with Crippen LogP contribution in [0.25, 0.3) is 0 Å². The highest BCUT2D eigenvalue weighted by Crippen LogP contribution is 2.23. The lowest BCUT2D eigenvalue weighted by Gasteiger charge is -2.21. The third kappa shape index (κ3) is 4.36. The van der Waals surface area contributed by atoms with Crippen molar-refractivity contribution in [3.63, 3.8) is 0 Å². The van der Waals surface area contributed by atoms with Gasteiger partial charge >= 0.3 is 5.97 Å². The Labute approximate surface area is 160 Å². The summed E-state index contributed by atoms with van der Waals surface area (Å²) in [6, 6.07) is 17.8. The lowest BCUT2D eigenvalue weighted by Crippen LogP contribution is -2.39. The van der Waals surface area contributed by atoms with Crippen LogP contribution in [0.3, 0.4) is 0 Å². The second kappa shape index (κ2) is 8.52. The number of ether oxygens (including phenoxy) is 1. The monoisotopic (exact) mass is 380 g/mol. The fraction of sp³-hybridized carbons (Fsp3) is 0.200. The quantitative estimate of drug-likeness (QED) is 0.417. The molecule has 2 aromatic carbocycles. The predicted octanol–water partition coefficient (Wildman–Crippen LogP) is 2.90.